The van der Waals surface area contributed by atoms with Gasteiger partial charge in [-0.2, -0.15) is 0 Å². The summed E-state index contributed by atoms with van der Waals surface area (Å²) < 4.78 is 12.8. The second-order valence-electron chi connectivity index (χ2n) is 13.9. The molecule has 9 aromatic carbocycles. The molecular formula is C49H28N2O2. The first-order valence-corrected chi connectivity index (χ1v) is 17.9. The number of benzene rings is 9. The largest absolute Gasteiger partial charge is 0.456 e. The first-order chi connectivity index (χ1) is 26.3. The topological polar surface area (TPSA) is 42.4 Å². The smallest absolute Gasteiger partial charge is 0.227 e. The Labute approximate surface area is 303 Å². The fourth-order valence-electron chi connectivity index (χ4n) is 8.67. The molecule has 0 amide bonds. The predicted molar refractivity (Wildman–Crippen MR) is 219 cm³/mol. The Balaban J connectivity index is 0.981. The minimum Gasteiger partial charge on any atom is -0.456 e. The van der Waals surface area contributed by atoms with Crippen molar-refractivity contribution in [3.63, 3.8) is 0 Å². The lowest BCUT2D eigenvalue weighted by molar-refractivity contribution is 0.655. The maximum absolute atomic E-state index is 6.66. The molecule has 3 heterocycles. The molecule has 12 rings (SSSR count). The molecule has 246 valence electrons. The summed E-state index contributed by atoms with van der Waals surface area (Å²) in [6, 6.07) is 58.3. The Morgan fingerprint density at radius 1 is 0.396 bits per heavy atom. The van der Waals surface area contributed by atoms with E-state index in [1.54, 1.807) is 0 Å². The summed E-state index contributed by atoms with van der Waals surface area (Å²) in [6.07, 6.45) is 1.87. The Bertz CT molecular complexity index is 3340. The number of nitrogens with zero attached hydrogens (tertiary/aromatic N) is 2. The number of furan rings is 2. The molecule has 0 bridgehead atoms. The van der Waals surface area contributed by atoms with Crippen molar-refractivity contribution in [2.75, 3.05) is 4.90 Å². The van der Waals surface area contributed by atoms with Gasteiger partial charge in [-0.25, -0.2) is 4.98 Å². The van der Waals surface area contributed by atoms with Crippen molar-refractivity contribution in [3.05, 3.63) is 170 Å². The zero-order valence-electron chi connectivity index (χ0n) is 28.4. The summed E-state index contributed by atoms with van der Waals surface area (Å²) in [6.45, 7) is 0. The second kappa shape index (κ2) is 10.7. The van der Waals surface area contributed by atoms with E-state index in [4.69, 9.17) is 13.8 Å². The third-order valence-electron chi connectivity index (χ3n) is 11.0. The number of fused-ring (bicyclic) bond motifs is 4. The normalized spacial score (nSPS) is 12.2. The highest BCUT2D eigenvalue weighted by molar-refractivity contribution is 6.40. The lowest BCUT2D eigenvalue weighted by atomic mass is 9.87. The molecule has 0 radical (unpaired) electrons. The van der Waals surface area contributed by atoms with E-state index in [1.807, 2.05) is 18.3 Å². The molecule has 4 heteroatoms. The zero-order chi connectivity index (χ0) is 34.6. The van der Waals surface area contributed by atoms with Gasteiger partial charge in [0.05, 0.1) is 5.39 Å². The van der Waals surface area contributed by atoms with Gasteiger partial charge in [-0.1, -0.05) is 97.1 Å². The number of hydrogen-bond donors (Lipinski definition) is 0. The van der Waals surface area contributed by atoms with Gasteiger partial charge in [-0.3, -0.25) is 0 Å². The van der Waals surface area contributed by atoms with Gasteiger partial charge in [0.2, 0.25) is 5.71 Å². The van der Waals surface area contributed by atoms with Gasteiger partial charge in [0.1, 0.15) is 16.7 Å². The average Bonchev–Trinajstić information content (AvgIpc) is 3.80. The monoisotopic (exact) mass is 676 g/mol. The summed E-state index contributed by atoms with van der Waals surface area (Å²) in [5.74, 6) is 0. The van der Waals surface area contributed by atoms with E-state index >= 15 is 0 Å². The molecule has 12 aromatic rings. The van der Waals surface area contributed by atoms with Gasteiger partial charge in [-0.15, -0.1) is 0 Å². The minimum atomic E-state index is 0.688. The van der Waals surface area contributed by atoms with Crippen LogP contribution in [0, 0.1) is 0 Å². The summed E-state index contributed by atoms with van der Waals surface area (Å²) in [5.41, 5.74) is 11.1. The van der Waals surface area contributed by atoms with E-state index in [9.17, 15) is 0 Å². The van der Waals surface area contributed by atoms with Crippen molar-refractivity contribution in [2.45, 2.75) is 0 Å². The molecule has 3 aromatic heterocycles. The van der Waals surface area contributed by atoms with E-state index < -0.39 is 0 Å². The first-order valence-electron chi connectivity index (χ1n) is 17.9. The van der Waals surface area contributed by atoms with Crippen LogP contribution in [-0.4, -0.2) is 4.98 Å². The van der Waals surface area contributed by atoms with Crippen molar-refractivity contribution < 1.29 is 8.83 Å². The highest BCUT2D eigenvalue weighted by atomic mass is 16.3. The highest BCUT2D eigenvalue weighted by Crippen LogP contribution is 2.49. The molecule has 0 fully saturated rings. The first kappa shape index (κ1) is 28.5. The fourth-order valence-corrected chi connectivity index (χ4v) is 8.67. The molecule has 0 spiro atoms. The van der Waals surface area contributed by atoms with Crippen LogP contribution in [0.25, 0.3) is 98.6 Å². The molecule has 0 aliphatic heterocycles. The van der Waals surface area contributed by atoms with Gasteiger partial charge >= 0.3 is 0 Å². The van der Waals surface area contributed by atoms with E-state index in [0.717, 1.165) is 77.6 Å². The van der Waals surface area contributed by atoms with Gasteiger partial charge in [-0.05, 0) is 110 Å². The lowest BCUT2D eigenvalue weighted by Crippen LogP contribution is -2.09. The summed E-state index contributed by atoms with van der Waals surface area (Å²) in [5, 5.41) is 11.9. The molecule has 0 atom stereocenters. The van der Waals surface area contributed by atoms with Crippen LogP contribution in [0.15, 0.2) is 179 Å². The molecule has 0 aliphatic rings. The molecule has 0 saturated heterocycles. The Kier molecular flexibility index (Phi) is 5.74. The predicted octanol–water partition coefficient (Wildman–Crippen LogP) is 14.0. The van der Waals surface area contributed by atoms with Crippen molar-refractivity contribution in [1.82, 2.24) is 4.98 Å². The van der Waals surface area contributed by atoms with Crippen LogP contribution in [0.1, 0.15) is 0 Å². The molecule has 0 N–H and O–H groups in total. The van der Waals surface area contributed by atoms with Crippen LogP contribution in [0.3, 0.4) is 0 Å². The van der Waals surface area contributed by atoms with Gasteiger partial charge in [0.15, 0.2) is 0 Å². The van der Waals surface area contributed by atoms with Crippen LogP contribution < -0.4 is 4.90 Å². The quantitative estimate of drug-likeness (QED) is 0.134. The number of anilines is 3. The van der Waals surface area contributed by atoms with Crippen LogP contribution in [0.5, 0.6) is 0 Å². The molecule has 0 unspecified atom stereocenters. The molecule has 53 heavy (non-hydrogen) atoms. The van der Waals surface area contributed by atoms with Gasteiger partial charge in [0, 0.05) is 50.4 Å². The molecule has 0 aliphatic carbocycles. The average molecular weight is 677 g/mol. The van der Waals surface area contributed by atoms with Crippen molar-refractivity contribution >= 4 is 93.4 Å². The summed E-state index contributed by atoms with van der Waals surface area (Å²) in [7, 11) is 0. The Hall–Kier alpha value is -7.17. The van der Waals surface area contributed by atoms with Gasteiger partial charge < -0.3 is 13.7 Å². The van der Waals surface area contributed by atoms with Crippen LogP contribution >= 0.6 is 0 Å². The van der Waals surface area contributed by atoms with Crippen LogP contribution in [0.2, 0.25) is 0 Å². The Morgan fingerprint density at radius 3 is 2.06 bits per heavy atom. The van der Waals surface area contributed by atoms with Crippen LogP contribution in [-0.2, 0) is 0 Å². The van der Waals surface area contributed by atoms with Crippen molar-refractivity contribution in [3.8, 4) is 22.3 Å². The second-order valence-corrected chi connectivity index (χ2v) is 13.9. The van der Waals surface area contributed by atoms with Crippen molar-refractivity contribution in [1.29, 1.82) is 0 Å². The van der Waals surface area contributed by atoms with Crippen LogP contribution in [0.4, 0.5) is 17.1 Å². The molecule has 4 nitrogen and oxygen atoms in total. The summed E-state index contributed by atoms with van der Waals surface area (Å²) >= 11 is 0. The SMILES string of the molecule is c1ccc(N(c2ccc(-c3cccc(-c4cc5ccc6cccc7c8ccnc9oc4c(c98)c5c67)c3)cc2)c2ccc3oc4ccccc4c3c2)cc1. The standard InChI is InChI=1S/C49H28N2O2/c1-2-11-34(12-3-1)51(36-22-23-43-41(28-36)37-13-4-5-15-42(37)52-43)35-20-18-29(19-21-35)31-9-6-10-32(26-31)40-27-33-17-16-30-8-7-14-38-39-24-25-50-49-46(39)47(48(40)53-49)45(33)44(30)38/h1-28H. The summed E-state index contributed by atoms with van der Waals surface area (Å²) in [4.78, 5) is 7.00. The number of aromatic nitrogens is 1. The fraction of sp³-hybridized carbons (Fsp3) is 0. The number of para-hydroxylation sites is 2. The van der Waals surface area contributed by atoms with E-state index in [2.05, 4.69) is 157 Å². The van der Waals surface area contributed by atoms with E-state index in [1.165, 1.54) is 32.3 Å². The number of hydrogen-bond acceptors (Lipinski definition) is 4. The molecule has 0 saturated carbocycles. The van der Waals surface area contributed by atoms with Crippen molar-refractivity contribution in [2.24, 2.45) is 0 Å². The minimum absolute atomic E-state index is 0.688. The highest BCUT2D eigenvalue weighted by Gasteiger charge is 2.24. The third-order valence-corrected chi connectivity index (χ3v) is 11.0. The Morgan fingerprint density at radius 2 is 1.13 bits per heavy atom. The van der Waals surface area contributed by atoms with E-state index in [-0.39, 0.29) is 0 Å². The zero-order valence-corrected chi connectivity index (χ0v) is 28.4. The van der Waals surface area contributed by atoms with Gasteiger partial charge in [0.25, 0.3) is 0 Å². The number of rotatable bonds is 5. The number of pyridine rings is 1. The third kappa shape index (κ3) is 4.09. The van der Waals surface area contributed by atoms with E-state index in [0.29, 0.717) is 5.71 Å². The maximum Gasteiger partial charge on any atom is 0.227 e. The molecular weight excluding hydrogens is 649 g/mol. The lowest BCUT2D eigenvalue weighted by Gasteiger charge is -2.25. The maximum atomic E-state index is 6.66.